The van der Waals surface area contributed by atoms with Crippen LogP contribution in [0.3, 0.4) is 0 Å². The Morgan fingerprint density at radius 1 is 1.20 bits per heavy atom. The lowest BCUT2D eigenvalue weighted by Gasteiger charge is -2.41. The Balaban J connectivity index is 2.61. The van der Waals surface area contributed by atoms with Crippen LogP contribution in [0.25, 0.3) is 0 Å². The van der Waals surface area contributed by atoms with E-state index in [1.54, 1.807) is 0 Å². The summed E-state index contributed by atoms with van der Waals surface area (Å²) in [6.07, 6.45) is 3.42. The highest BCUT2D eigenvalue weighted by Gasteiger charge is 2.42. The third-order valence-corrected chi connectivity index (χ3v) is 3.31. The second kappa shape index (κ2) is 3.95. The van der Waals surface area contributed by atoms with Gasteiger partial charge in [0.1, 0.15) is 5.78 Å². The third kappa shape index (κ3) is 3.05. The maximum absolute atomic E-state index is 11.9. The monoisotopic (exact) mass is 212 g/mol. The smallest absolute Gasteiger partial charge is 0.303 e. The number of ketones is 1. The highest BCUT2D eigenvalue weighted by molar-refractivity contribution is 5.85. The number of aliphatic carboxylic acids is 1. The van der Waals surface area contributed by atoms with E-state index in [9.17, 15) is 9.59 Å². The van der Waals surface area contributed by atoms with Gasteiger partial charge in [0.25, 0.3) is 0 Å². The van der Waals surface area contributed by atoms with E-state index < -0.39 is 5.97 Å². The molecule has 1 saturated carbocycles. The molecule has 0 spiro atoms. The summed E-state index contributed by atoms with van der Waals surface area (Å²) < 4.78 is 0. The van der Waals surface area contributed by atoms with E-state index >= 15 is 0 Å². The van der Waals surface area contributed by atoms with Crippen LogP contribution in [0.4, 0.5) is 0 Å². The fourth-order valence-electron chi connectivity index (χ4n) is 2.02. The van der Waals surface area contributed by atoms with Crippen LogP contribution >= 0.6 is 0 Å². The molecule has 1 fully saturated rings. The van der Waals surface area contributed by atoms with Gasteiger partial charge in [0.05, 0.1) is 6.42 Å². The quantitative estimate of drug-likeness (QED) is 0.779. The first kappa shape index (κ1) is 12.2. The molecule has 0 amide bonds. The lowest BCUT2D eigenvalue weighted by atomic mass is 9.62. The third-order valence-electron chi connectivity index (χ3n) is 3.31. The molecule has 1 aliphatic carbocycles. The Morgan fingerprint density at radius 3 is 2.00 bits per heavy atom. The number of carboxylic acid groups (broad SMARTS) is 1. The van der Waals surface area contributed by atoms with Gasteiger partial charge in [0.2, 0.25) is 0 Å². The number of rotatable bonds is 4. The first-order valence-corrected chi connectivity index (χ1v) is 5.50. The average molecular weight is 212 g/mol. The number of carboxylic acids is 1. The lowest BCUT2D eigenvalue weighted by molar-refractivity contribution is -0.143. The molecule has 0 saturated heterocycles. The summed E-state index contributed by atoms with van der Waals surface area (Å²) in [6.45, 7) is 5.67. The molecule has 0 atom stereocenters. The van der Waals surface area contributed by atoms with Crippen LogP contribution < -0.4 is 0 Å². The molecule has 1 rings (SSSR count). The molecule has 0 radical (unpaired) electrons. The molecule has 3 heteroatoms. The molecule has 1 N–H and O–H groups in total. The SMILES string of the molecule is CC(C)(C)C(=O)CC1(CC(=O)O)CCC1. The van der Waals surface area contributed by atoms with E-state index in [4.69, 9.17) is 5.11 Å². The zero-order valence-corrected chi connectivity index (χ0v) is 9.80. The van der Waals surface area contributed by atoms with E-state index in [-0.39, 0.29) is 23.0 Å². The van der Waals surface area contributed by atoms with Gasteiger partial charge < -0.3 is 5.11 Å². The second-order valence-electron chi connectivity index (χ2n) is 5.77. The van der Waals surface area contributed by atoms with Crippen molar-refractivity contribution < 1.29 is 14.7 Å². The Hall–Kier alpha value is -0.860. The minimum absolute atomic E-state index is 0.148. The molecule has 15 heavy (non-hydrogen) atoms. The molecule has 86 valence electrons. The predicted octanol–water partition coefficient (Wildman–Crippen LogP) is 2.64. The topological polar surface area (TPSA) is 54.4 Å². The zero-order chi connectivity index (χ0) is 11.7. The number of Topliss-reactive ketones (excluding diaryl/α,β-unsaturated/α-hetero) is 1. The van der Waals surface area contributed by atoms with Gasteiger partial charge >= 0.3 is 5.97 Å². The Morgan fingerprint density at radius 2 is 1.73 bits per heavy atom. The average Bonchev–Trinajstić information content (AvgIpc) is 1.97. The summed E-state index contributed by atoms with van der Waals surface area (Å²) in [4.78, 5) is 22.6. The second-order valence-corrected chi connectivity index (χ2v) is 5.77. The van der Waals surface area contributed by atoms with Crippen LogP contribution in [0.15, 0.2) is 0 Å². The highest BCUT2D eigenvalue weighted by Crippen LogP contribution is 2.48. The Kier molecular flexibility index (Phi) is 3.22. The minimum atomic E-state index is -0.781. The van der Waals surface area contributed by atoms with E-state index in [1.807, 2.05) is 20.8 Å². The largest absolute Gasteiger partial charge is 0.481 e. The fourth-order valence-corrected chi connectivity index (χ4v) is 2.02. The maximum atomic E-state index is 11.9. The Labute approximate surface area is 90.9 Å². The van der Waals surface area contributed by atoms with Crippen LogP contribution in [-0.2, 0) is 9.59 Å². The molecule has 0 heterocycles. The van der Waals surface area contributed by atoms with Crippen LogP contribution in [0, 0.1) is 10.8 Å². The first-order chi connectivity index (χ1) is 6.75. The van der Waals surface area contributed by atoms with Crippen molar-refractivity contribution in [3.05, 3.63) is 0 Å². The molecule has 0 unspecified atom stereocenters. The lowest BCUT2D eigenvalue weighted by Crippen LogP contribution is -2.37. The molecule has 0 aliphatic heterocycles. The predicted molar refractivity (Wildman–Crippen MR) is 57.6 cm³/mol. The summed E-state index contributed by atoms with van der Waals surface area (Å²) in [5, 5.41) is 8.82. The molecule has 1 aliphatic rings. The first-order valence-electron chi connectivity index (χ1n) is 5.50. The number of carbonyl (C=O) groups is 2. The van der Waals surface area contributed by atoms with E-state index in [1.165, 1.54) is 0 Å². The van der Waals surface area contributed by atoms with Gasteiger partial charge in [0, 0.05) is 11.8 Å². The van der Waals surface area contributed by atoms with Crippen molar-refractivity contribution >= 4 is 11.8 Å². The molecule has 3 nitrogen and oxygen atoms in total. The molecule has 0 bridgehead atoms. The maximum Gasteiger partial charge on any atom is 0.303 e. The van der Waals surface area contributed by atoms with Crippen LogP contribution in [0.5, 0.6) is 0 Å². The Bertz CT molecular complexity index is 269. The van der Waals surface area contributed by atoms with Crippen molar-refractivity contribution in [2.75, 3.05) is 0 Å². The van der Waals surface area contributed by atoms with Crippen molar-refractivity contribution in [2.45, 2.75) is 52.9 Å². The van der Waals surface area contributed by atoms with Gasteiger partial charge in [-0.05, 0) is 18.3 Å². The number of carbonyl (C=O) groups excluding carboxylic acids is 1. The zero-order valence-electron chi connectivity index (χ0n) is 9.80. The van der Waals surface area contributed by atoms with Crippen molar-refractivity contribution in [1.29, 1.82) is 0 Å². The summed E-state index contributed by atoms with van der Waals surface area (Å²) >= 11 is 0. The molecule has 0 aromatic carbocycles. The van der Waals surface area contributed by atoms with Crippen molar-refractivity contribution in [1.82, 2.24) is 0 Å². The normalized spacial score (nSPS) is 19.4. The minimum Gasteiger partial charge on any atom is -0.481 e. The molecule has 0 aromatic heterocycles. The van der Waals surface area contributed by atoms with Gasteiger partial charge in [0.15, 0.2) is 0 Å². The standard InChI is InChI=1S/C12H20O3/c1-11(2,3)9(13)7-12(5-4-6-12)8-10(14)15/h4-8H2,1-3H3,(H,14,15). The summed E-state index contributed by atoms with van der Waals surface area (Å²) in [5.41, 5.74) is -0.572. The van der Waals surface area contributed by atoms with Crippen LogP contribution in [-0.4, -0.2) is 16.9 Å². The van der Waals surface area contributed by atoms with Gasteiger partial charge in [-0.15, -0.1) is 0 Å². The van der Waals surface area contributed by atoms with Crippen LogP contribution in [0.2, 0.25) is 0 Å². The summed E-state index contributed by atoms with van der Waals surface area (Å²) in [6, 6.07) is 0. The van der Waals surface area contributed by atoms with Crippen molar-refractivity contribution in [3.8, 4) is 0 Å². The highest BCUT2D eigenvalue weighted by atomic mass is 16.4. The molecule has 0 aromatic rings. The number of hydrogen-bond acceptors (Lipinski definition) is 2. The van der Waals surface area contributed by atoms with E-state index in [0.717, 1.165) is 19.3 Å². The summed E-state index contributed by atoms with van der Waals surface area (Å²) in [5.74, 6) is -0.597. The molecular formula is C12H20O3. The van der Waals surface area contributed by atoms with Crippen molar-refractivity contribution in [2.24, 2.45) is 10.8 Å². The van der Waals surface area contributed by atoms with Crippen LogP contribution in [0.1, 0.15) is 52.9 Å². The van der Waals surface area contributed by atoms with E-state index in [0.29, 0.717) is 6.42 Å². The van der Waals surface area contributed by atoms with Gasteiger partial charge in [-0.3, -0.25) is 9.59 Å². The molecular weight excluding hydrogens is 192 g/mol. The van der Waals surface area contributed by atoms with E-state index in [2.05, 4.69) is 0 Å². The van der Waals surface area contributed by atoms with Gasteiger partial charge in [-0.2, -0.15) is 0 Å². The summed E-state index contributed by atoms with van der Waals surface area (Å²) in [7, 11) is 0. The number of hydrogen-bond donors (Lipinski definition) is 1. The van der Waals surface area contributed by atoms with Gasteiger partial charge in [-0.1, -0.05) is 27.2 Å². The van der Waals surface area contributed by atoms with Gasteiger partial charge in [-0.25, -0.2) is 0 Å². The fraction of sp³-hybridized carbons (Fsp3) is 0.833. The van der Waals surface area contributed by atoms with Crippen molar-refractivity contribution in [3.63, 3.8) is 0 Å².